The van der Waals surface area contributed by atoms with Gasteiger partial charge in [-0.2, -0.15) is 5.26 Å². The van der Waals surface area contributed by atoms with Gasteiger partial charge in [-0.15, -0.1) is 11.3 Å². The third kappa shape index (κ3) is 5.26. The van der Waals surface area contributed by atoms with Gasteiger partial charge >= 0.3 is 0 Å². The molecular weight excluding hydrogens is 484 g/mol. The molecule has 8 nitrogen and oxygen atoms in total. The van der Waals surface area contributed by atoms with Gasteiger partial charge in [-0.05, 0) is 43.0 Å². The summed E-state index contributed by atoms with van der Waals surface area (Å²) < 4.78 is 2.03. The van der Waals surface area contributed by atoms with Crippen LogP contribution in [0, 0.1) is 18.3 Å². The van der Waals surface area contributed by atoms with Crippen molar-refractivity contribution < 1.29 is 4.79 Å². The normalized spacial score (nSPS) is 15.5. The summed E-state index contributed by atoms with van der Waals surface area (Å²) in [5.41, 5.74) is 9.92. The second kappa shape index (κ2) is 10.5. The zero-order valence-corrected chi connectivity index (χ0v) is 21.4. The van der Waals surface area contributed by atoms with Crippen LogP contribution in [0.5, 0.6) is 0 Å². The molecule has 188 valence electrons. The third-order valence-electron chi connectivity index (χ3n) is 6.62. The van der Waals surface area contributed by atoms with Crippen LogP contribution in [0.2, 0.25) is 0 Å². The van der Waals surface area contributed by atoms with E-state index in [1.165, 1.54) is 0 Å². The van der Waals surface area contributed by atoms with E-state index in [4.69, 9.17) is 10.7 Å². The van der Waals surface area contributed by atoms with Crippen molar-refractivity contribution >= 4 is 33.4 Å². The molecule has 1 atom stereocenters. The van der Waals surface area contributed by atoms with Crippen LogP contribution in [0.1, 0.15) is 44.8 Å². The standard InChI is InChI=1S/C28H28N6O2S/c1-18-8-10-19(11-9-18)15-31-26(35)24-13-23-25(37-24)27(36)34(16-21-6-3-2-5-20(21)14-29)28(32-23)33-12-4-7-22(30)17-33/h2-3,5-6,8-11,13,22H,4,7,12,15-17,30H2,1H3,(H,31,35). The minimum atomic E-state index is -0.245. The van der Waals surface area contributed by atoms with E-state index in [0.29, 0.717) is 39.7 Å². The van der Waals surface area contributed by atoms with E-state index in [1.807, 2.05) is 48.2 Å². The van der Waals surface area contributed by atoms with Crippen molar-refractivity contribution in [3.63, 3.8) is 0 Å². The average Bonchev–Trinajstić information content (AvgIpc) is 3.35. The molecule has 3 heterocycles. The largest absolute Gasteiger partial charge is 0.347 e. The maximum atomic E-state index is 13.8. The molecule has 5 rings (SSSR count). The predicted octanol–water partition coefficient (Wildman–Crippen LogP) is 3.54. The van der Waals surface area contributed by atoms with E-state index in [2.05, 4.69) is 11.4 Å². The molecule has 0 saturated carbocycles. The van der Waals surface area contributed by atoms with Crippen molar-refractivity contribution in [3.8, 4) is 6.07 Å². The molecule has 1 saturated heterocycles. The lowest BCUT2D eigenvalue weighted by atomic mass is 10.1. The molecule has 1 fully saturated rings. The number of piperidine rings is 1. The number of fused-ring (bicyclic) bond motifs is 1. The number of aryl methyl sites for hydroxylation is 1. The molecule has 37 heavy (non-hydrogen) atoms. The first-order valence-corrected chi connectivity index (χ1v) is 13.1. The monoisotopic (exact) mass is 512 g/mol. The zero-order valence-electron chi connectivity index (χ0n) is 20.6. The summed E-state index contributed by atoms with van der Waals surface area (Å²) in [5, 5.41) is 12.5. The number of thiophene rings is 1. The fourth-order valence-corrected chi connectivity index (χ4v) is 5.56. The highest BCUT2D eigenvalue weighted by Gasteiger charge is 2.24. The highest BCUT2D eigenvalue weighted by molar-refractivity contribution is 7.20. The Morgan fingerprint density at radius 3 is 2.78 bits per heavy atom. The Morgan fingerprint density at radius 2 is 2.03 bits per heavy atom. The number of nitrogens with zero attached hydrogens (tertiary/aromatic N) is 4. The van der Waals surface area contributed by atoms with Crippen molar-refractivity contribution in [1.29, 1.82) is 5.26 Å². The number of aromatic nitrogens is 2. The molecule has 1 aliphatic rings. The summed E-state index contributed by atoms with van der Waals surface area (Å²) in [6.07, 6.45) is 1.82. The lowest BCUT2D eigenvalue weighted by molar-refractivity contribution is 0.0955. The number of nitrogens with one attached hydrogen (secondary N) is 1. The minimum absolute atomic E-state index is 0.00761. The zero-order chi connectivity index (χ0) is 25.9. The maximum absolute atomic E-state index is 13.8. The van der Waals surface area contributed by atoms with Crippen LogP contribution in [-0.2, 0) is 13.1 Å². The molecule has 2 aromatic heterocycles. The highest BCUT2D eigenvalue weighted by Crippen LogP contribution is 2.26. The Labute approximate surface area is 219 Å². The summed E-state index contributed by atoms with van der Waals surface area (Å²) >= 11 is 1.14. The van der Waals surface area contributed by atoms with Crippen molar-refractivity contribution in [2.24, 2.45) is 5.73 Å². The Balaban J connectivity index is 1.52. The number of nitrogens with two attached hydrogens (primary N) is 1. The van der Waals surface area contributed by atoms with Gasteiger partial charge in [-0.3, -0.25) is 14.2 Å². The number of hydrogen-bond acceptors (Lipinski definition) is 7. The second-order valence-electron chi connectivity index (χ2n) is 9.41. The van der Waals surface area contributed by atoms with Crippen molar-refractivity contribution in [2.75, 3.05) is 18.0 Å². The maximum Gasteiger partial charge on any atom is 0.273 e. The molecule has 3 N–H and O–H groups in total. The topological polar surface area (TPSA) is 117 Å². The van der Waals surface area contributed by atoms with E-state index >= 15 is 0 Å². The number of rotatable bonds is 6. The molecule has 0 radical (unpaired) electrons. The van der Waals surface area contributed by atoms with Gasteiger partial charge in [-0.25, -0.2) is 4.98 Å². The van der Waals surface area contributed by atoms with Gasteiger partial charge in [0.15, 0.2) is 0 Å². The fraction of sp³-hybridized carbons (Fsp3) is 0.286. The van der Waals surface area contributed by atoms with E-state index in [1.54, 1.807) is 22.8 Å². The number of anilines is 1. The molecule has 2 aromatic carbocycles. The Morgan fingerprint density at radius 1 is 1.24 bits per heavy atom. The number of hydrogen-bond donors (Lipinski definition) is 2. The van der Waals surface area contributed by atoms with E-state index in [-0.39, 0.29) is 24.1 Å². The van der Waals surface area contributed by atoms with Crippen LogP contribution >= 0.6 is 11.3 Å². The molecule has 1 unspecified atom stereocenters. The molecule has 4 aromatic rings. The van der Waals surface area contributed by atoms with Crippen LogP contribution in [0.3, 0.4) is 0 Å². The van der Waals surface area contributed by atoms with Gasteiger partial charge in [-0.1, -0.05) is 48.0 Å². The molecule has 0 spiro atoms. The SMILES string of the molecule is Cc1ccc(CNC(=O)c2cc3nc(N4CCCC(N)C4)n(Cc4ccccc4C#N)c(=O)c3s2)cc1. The summed E-state index contributed by atoms with van der Waals surface area (Å²) in [5.74, 6) is 0.274. The molecule has 1 aliphatic heterocycles. The average molecular weight is 513 g/mol. The van der Waals surface area contributed by atoms with Gasteiger partial charge in [0.1, 0.15) is 4.70 Å². The number of benzene rings is 2. The van der Waals surface area contributed by atoms with Crippen molar-refractivity contribution in [2.45, 2.75) is 38.9 Å². The molecule has 1 amide bonds. The van der Waals surface area contributed by atoms with Crippen LogP contribution in [0.4, 0.5) is 5.95 Å². The van der Waals surface area contributed by atoms with Crippen LogP contribution in [0.15, 0.2) is 59.4 Å². The van der Waals surface area contributed by atoms with Crippen LogP contribution in [-0.4, -0.2) is 34.6 Å². The first-order chi connectivity index (χ1) is 17.9. The molecule has 0 bridgehead atoms. The van der Waals surface area contributed by atoms with Gasteiger partial charge in [0.25, 0.3) is 11.5 Å². The second-order valence-corrected chi connectivity index (χ2v) is 10.5. The quantitative estimate of drug-likeness (QED) is 0.408. The van der Waals surface area contributed by atoms with Gasteiger partial charge in [0.05, 0.1) is 28.6 Å². The summed E-state index contributed by atoms with van der Waals surface area (Å²) in [7, 11) is 0. The van der Waals surface area contributed by atoms with Crippen molar-refractivity contribution in [3.05, 3.63) is 92.1 Å². The van der Waals surface area contributed by atoms with Crippen LogP contribution < -0.4 is 21.5 Å². The molecule has 0 aliphatic carbocycles. The lowest BCUT2D eigenvalue weighted by Gasteiger charge is -2.33. The van der Waals surface area contributed by atoms with E-state index in [0.717, 1.165) is 47.4 Å². The van der Waals surface area contributed by atoms with E-state index in [9.17, 15) is 14.9 Å². The number of carbonyl (C=O) groups excluding carboxylic acids is 1. The number of carbonyl (C=O) groups is 1. The first-order valence-electron chi connectivity index (χ1n) is 12.3. The van der Waals surface area contributed by atoms with Gasteiger partial charge in [0.2, 0.25) is 5.95 Å². The van der Waals surface area contributed by atoms with Crippen LogP contribution in [0.25, 0.3) is 10.2 Å². The lowest BCUT2D eigenvalue weighted by Crippen LogP contribution is -2.45. The fourth-order valence-electron chi connectivity index (χ4n) is 4.60. The molecule has 9 heteroatoms. The van der Waals surface area contributed by atoms with Crippen molar-refractivity contribution in [1.82, 2.24) is 14.9 Å². The minimum Gasteiger partial charge on any atom is -0.347 e. The number of amides is 1. The molecular formula is C28H28N6O2S. The third-order valence-corrected chi connectivity index (χ3v) is 7.73. The summed E-state index contributed by atoms with van der Waals surface area (Å²) in [6, 6.07) is 19.1. The van der Waals surface area contributed by atoms with E-state index < -0.39 is 0 Å². The van der Waals surface area contributed by atoms with Gasteiger partial charge in [0, 0.05) is 25.7 Å². The predicted molar refractivity (Wildman–Crippen MR) is 146 cm³/mol. The summed E-state index contributed by atoms with van der Waals surface area (Å²) in [6.45, 7) is 3.95. The smallest absolute Gasteiger partial charge is 0.273 e. The highest BCUT2D eigenvalue weighted by atomic mass is 32.1. The first kappa shape index (κ1) is 24.7. The number of nitriles is 1. The Hall–Kier alpha value is -4.00. The Bertz CT molecular complexity index is 1550. The van der Waals surface area contributed by atoms with Gasteiger partial charge < -0.3 is 16.0 Å². The Kier molecular flexibility index (Phi) is 7.04. The summed E-state index contributed by atoms with van der Waals surface area (Å²) in [4.78, 5) is 34.1.